The minimum Gasteiger partial charge on any atom is -0.467 e. The lowest BCUT2D eigenvalue weighted by molar-refractivity contribution is -0.145. The van der Waals surface area contributed by atoms with Gasteiger partial charge in [-0.2, -0.15) is 0 Å². The average Bonchev–Trinajstić information content (AvgIpc) is 2.64. The van der Waals surface area contributed by atoms with Gasteiger partial charge in [0.25, 0.3) is 0 Å². The van der Waals surface area contributed by atoms with Crippen LogP contribution < -0.4 is 5.32 Å². The van der Waals surface area contributed by atoms with Crippen molar-refractivity contribution >= 4 is 26.1 Å². The number of carbonyl (C=O) groups excluding carboxylic acids is 3. The number of nitrogens with zero attached hydrogens (tertiary/aromatic N) is 3. The van der Waals surface area contributed by atoms with Gasteiger partial charge in [0.05, 0.1) is 20.8 Å². The Hall–Kier alpha value is -2.96. The molecule has 0 heterocycles. The highest BCUT2D eigenvalue weighted by atomic mass is 28.3. The number of carbonyl (C=O) groups is 3. The van der Waals surface area contributed by atoms with Gasteiger partial charge in [-0.3, -0.25) is 10.1 Å². The highest BCUT2D eigenvalue weighted by Gasteiger charge is 2.41. The summed E-state index contributed by atoms with van der Waals surface area (Å²) in [5.41, 5.74) is 10.3. The fourth-order valence-electron chi connectivity index (χ4n) is 2.18. The molecule has 0 aliphatic rings. The maximum atomic E-state index is 12.6. The van der Waals surface area contributed by atoms with Crippen LogP contribution in [0.15, 0.2) is 17.3 Å². The van der Waals surface area contributed by atoms with E-state index in [1.165, 1.54) is 0 Å². The highest BCUT2D eigenvalue weighted by molar-refractivity contribution is 6.83. The summed E-state index contributed by atoms with van der Waals surface area (Å²) >= 11 is 0. The van der Waals surface area contributed by atoms with Crippen LogP contribution >= 0.6 is 0 Å². The van der Waals surface area contributed by atoms with Crippen LogP contribution in [-0.2, 0) is 23.8 Å². The first-order chi connectivity index (χ1) is 13.4. The smallest absolute Gasteiger partial charge is 0.408 e. The van der Waals surface area contributed by atoms with Gasteiger partial charge in [0.1, 0.15) is 14.1 Å². The molecule has 0 aliphatic heterocycles. The number of nitrogens with one attached hydrogen (secondary N) is 1. The van der Waals surface area contributed by atoms with Gasteiger partial charge in [0, 0.05) is 11.3 Å². The topological polar surface area (TPSA) is 140 Å². The van der Waals surface area contributed by atoms with Crippen LogP contribution in [0.2, 0.25) is 19.6 Å². The molecule has 0 rings (SSSR count). The molecule has 0 radical (unpaired) electrons. The second-order valence-corrected chi connectivity index (χ2v) is 11.9. The Balaban J connectivity index is 5.98. The number of hydrogen-bond donors (Lipinski definition) is 1. The summed E-state index contributed by atoms with van der Waals surface area (Å²) in [7, 11) is 0.370. The van der Waals surface area contributed by atoms with Crippen LogP contribution in [0.4, 0.5) is 4.79 Å². The normalized spacial score (nSPS) is 13.3. The van der Waals surface area contributed by atoms with Gasteiger partial charge in [0.15, 0.2) is 0 Å². The molecule has 10 nitrogen and oxygen atoms in total. The van der Waals surface area contributed by atoms with E-state index in [0.29, 0.717) is 5.57 Å². The van der Waals surface area contributed by atoms with E-state index in [9.17, 15) is 14.4 Å². The van der Waals surface area contributed by atoms with Crippen molar-refractivity contribution in [2.45, 2.75) is 51.0 Å². The molecule has 0 saturated carbocycles. The Morgan fingerprint density at radius 3 is 2.34 bits per heavy atom. The molecule has 0 aromatic heterocycles. The van der Waals surface area contributed by atoms with Crippen molar-refractivity contribution in [1.29, 1.82) is 0 Å². The Morgan fingerprint density at radius 2 is 1.90 bits per heavy atom. The molecule has 0 aromatic rings. The van der Waals surface area contributed by atoms with Crippen LogP contribution in [0, 0.1) is 11.5 Å². The molecule has 1 N–H and O–H groups in total. The third-order valence-electron chi connectivity index (χ3n) is 3.43. The van der Waals surface area contributed by atoms with E-state index in [2.05, 4.69) is 38.1 Å². The molecule has 0 fully saturated rings. The van der Waals surface area contributed by atoms with E-state index in [1.54, 1.807) is 6.92 Å². The summed E-state index contributed by atoms with van der Waals surface area (Å²) < 4.78 is 14.4. The zero-order chi connectivity index (χ0) is 22.7. The van der Waals surface area contributed by atoms with Crippen LogP contribution in [-0.4, -0.2) is 58.5 Å². The van der Waals surface area contributed by atoms with Gasteiger partial charge in [0.2, 0.25) is 5.54 Å². The van der Waals surface area contributed by atoms with Crippen molar-refractivity contribution in [2.24, 2.45) is 5.11 Å². The lowest BCUT2D eigenvalue weighted by atomic mass is 9.89. The van der Waals surface area contributed by atoms with Gasteiger partial charge in [-0.25, -0.2) is 9.59 Å². The van der Waals surface area contributed by atoms with Crippen LogP contribution in [0.1, 0.15) is 19.8 Å². The van der Waals surface area contributed by atoms with Gasteiger partial charge >= 0.3 is 18.0 Å². The van der Waals surface area contributed by atoms with E-state index >= 15 is 0 Å². The average molecular weight is 425 g/mol. The molecular formula is C18H28N4O6Si. The number of rotatable bonds is 9. The molecule has 11 heteroatoms. The van der Waals surface area contributed by atoms with Gasteiger partial charge < -0.3 is 14.2 Å². The Kier molecular flexibility index (Phi) is 10.6. The highest BCUT2D eigenvalue weighted by Crippen LogP contribution is 2.23. The third kappa shape index (κ3) is 9.18. The fraction of sp³-hybridized carbons (Fsp3) is 0.611. The summed E-state index contributed by atoms with van der Waals surface area (Å²) in [6.45, 7) is 11.5. The maximum absolute atomic E-state index is 12.6. The Bertz CT molecular complexity index is 746. The van der Waals surface area contributed by atoms with Crippen molar-refractivity contribution in [1.82, 2.24) is 5.32 Å². The molecular weight excluding hydrogens is 396 g/mol. The number of methoxy groups -OCH3 is 2. The molecule has 0 aliphatic carbocycles. The lowest BCUT2D eigenvalue weighted by Crippen LogP contribution is -2.54. The second-order valence-electron chi connectivity index (χ2n) is 7.12. The first kappa shape index (κ1) is 26.0. The quantitative estimate of drug-likeness (QED) is 0.0882. The molecule has 0 aromatic carbocycles. The largest absolute Gasteiger partial charge is 0.467 e. The zero-order valence-electron chi connectivity index (χ0n) is 17.7. The second kappa shape index (κ2) is 11.8. The Morgan fingerprint density at radius 1 is 1.28 bits per heavy atom. The molecule has 1 amide bonds. The van der Waals surface area contributed by atoms with Crippen LogP contribution in [0.5, 0.6) is 0 Å². The Labute approximate surface area is 171 Å². The number of esters is 2. The zero-order valence-corrected chi connectivity index (χ0v) is 18.7. The van der Waals surface area contributed by atoms with Crippen molar-refractivity contribution < 1.29 is 28.6 Å². The number of azide groups is 1. The van der Waals surface area contributed by atoms with Crippen LogP contribution in [0.25, 0.3) is 10.4 Å². The van der Waals surface area contributed by atoms with E-state index in [-0.39, 0.29) is 19.4 Å². The fourth-order valence-corrected chi connectivity index (χ4v) is 2.77. The number of alkyl carbamates (subject to hydrolysis) is 1. The molecule has 2 unspecified atom stereocenters. The van der Waals surface area contributed by atoms with Gasteiger partial charge in [-0.05, 0) is 18.9 Å². The standard InChI is InChI=1S/C18H28N4O6Si/c1-8-28-15(23)14(21-22-19)11-13(2)12-18(16(24)26-3,20-17(25)27-4)9-10-29(5,6)7/h14H,2,8,11-12H2,1,3-7H3,(H,20,25). The number of hydrogen-bond acceptors (Lipinski definition) is 7. The monoisotopic (exact) mass is 424 g/mol. The van der Waals surface area contributed by atoms with Crippen molar-refractivity contribution in [3.8, 4) is 11.5 Å². The van der Waals surface area contributed by atoms with Crippen LogP contribution in [0.3, 0.4) is 0 Å². The maximum Gasteiger partial charge on any atom is 0.408 e. The minimum absolute atomic E-state index is 0.0981. The van der Waals surface area contributed by atoms with Gasteiger partial charge in [-0.1, -0.05) is 42.8 Å². The molecule has 0 bridgehead atoms. The SMILES string of the molecule is C=C(CC(N=[N+]=[N-])C(=O)OCC)CC(C#C[Si](C)(C)C)(NC(=O)OC)C(=O)OC. The van der Waals surface area contributed by atoms with Gasteiger partial charge in [-0.15, -0.1) is 5.54 Å². The summed E-state index contributed by atoms with van der Waals surface area (Å²) in [5, 5.41) is 5.85. The van der Waals surface area contributed by atoms with E-state index in [0.717, 1.165) is 14.2 Å². The summed E-state index contributed by atoms with van der Waals surface area (Å²) in [6.07, 6.45) is -1.16. The molecule has 0 saturated heterocycles. The molecule has 2 atom stereocenters. The summed E-state index contributed by atoms with van der Waals surface area (Å²) in [4.78, 5) is 39.1. The first-order valence-corrected chi connectivity index (χ1v) is 12.3. The molecule has 0 spiro atoms. The predicted octanol–water partition coefficient (Wildman–Crippen LogP) is 2.71. The van der Waals surface area contributed by atoms with Crippen molar-refractivity contribution in [3.05, 3.63) is 22.6 Å². The van der Waals surface area contributed by atoms with E-state index < -0.39 is 37.7 Å². The minimum atomic E-state index is -1.94. The first-order valence-electron chi connectivity index (χ1n) is 8.81. The molecule has 29 heavy (non-hydrogen) atoms. The lowest BCUT2D eigenvalue weighted by Gasteiger charge is -2.28. The van der Waals surface area contributed by atoms with E-state index in [4.69, 9.17) is 15.0 Å². The summed E-state index contributed by atoms with van der Waals surface area (Å²) in [5.74, 6) is 1.29. The predicted molar refractivity (Wildman–Crippen MR) is 109 cm³/mol. The van der Waals surface area contributed by atoms with Crippen molar-refractivity contribution in [2.75, 3.05) is 20.8 Å². The number of ether oxygens (including phenoxy) is 3. The number of amides is 1. The van der Waals surface area contributed by atoms with Crippen molar-refractivity contribution in [3.63, 3.8) is 0 Å². The van der Waals surface area contributed by atoms with E-state index in [1.807, 2.05) is 19.6 Å². The summed E-state index contributed by atoms with van der Waals surface area (Å²) in [6, 6.07) is -1.16. The molecule has 160 valence electrons. The third-order valence-corrected chi connectivity index (χ3v) is 4.31.